The lowest BCUT2D eigenvalue weighted by atomic mass is 10.0. The SMILES string of the molecule is CCOC(=O)c1c(C)c(C(=O)CN(Cc2ccc(F)cc2)C(=O)C2CCCC2)c(C)n1C. The lowest BCUT2D eigenvalue weighted by Gasteiger charge is -2.25. The number of amides is 1. The van der Waals surface area contributed by atoms with Crippen LogP contribution in [0.15, 0.2) is 24.3 Å². The van der Waals surface area contributed by atoms with Gasteiger partial charge in [0.1, 0.15) is 11.5 Å². The van der Waals surface area contributed by atoms with Crippen LogP contribution in [-0.4, -0.2) is 40.3 Å². The molecule has 1 aromatic heterocycles. The van der Waals surface area contributed by atoms with Gasteiger partial charge in [-0.3, -0.25) is 9.59 Å². The summed E-state index contributed by atoms with van der Waals surface area (Å²) < 4.78 is 20.2. The predicted octanol–water partition coefficient (Wildman–Crippen LogP) is 4.36. The molecule has 0 radical (unpaired) electrons. The number of esters is 1. The largest absolute Gasteiger partial charge is 0.461 e. The van der Waals surface area contributed by atoms with Crippen molar-refractivity contribution in [1.29, 1.82) is 0 Å². The number of hydrogen-bond donors (Lipinski definition) is 0. The Hall–Kier alpha value is -2.96. The van der Waals surface area contributed by atoms with E-state index in [0.717, 1.165) is 31.2 Å². The van der Waals surface area contributed by atoms with Gasteiger partial charge in [0.05, 0.1) is 13.2 Å². The first kappa shape index (κ1) is 23.7. The molecule has 0 atom stereocenters. The molecule has 1 amide bonds. The van der Waals surface area contributed by atoms with Crippen LogP contribution in [0, 0.1) is 25.6 Å². The topological polar surface area (TPSA) is 68.6 Å². The first-order valence-corrected chi connectivity index (χ1v) is 11.1. The zero-order chi connectivity index (χ0) is 23.4. The number of ether oxygens (including phenoxy) is 1. The van der Waals surface area contributed by atoms with Crippen LogP contribution >= 0.6 is 0 Å². The fraction of sp³-hybridized carbons (Fsp3) is 0.480. The molecule has 0 unspecified atom stereocenters. The van der Waals surface area contributed by atoms with Crippen LogP contribution in [0.1, 0.15) is 70.3 Å². The lowest BCUT2D eigenvalue weighted by molar-refractivity contribution is -0.135. The van der Waals surface area contributed by atoms with E-state index in [2.05, 4.69) is 0 Å². The molecule has 1 aliphatic rings. The normalized spacial score (nSPS) is 13.9. The molecule has 2 aromatic rings. The van der Waals surface area contributed by atoms with E-state index < -0.39 is 5.97 Å². The molecule has 7 heteroatoms. The highest BCUT2D eigenvalue weighted by atomic mass is 19.1. The summed E-state index contributed by atoms with van der Waals surface area (Å²) in [7, 11) is 1.73. The van der Waals surface area contributed by atoms with E-state index in [0.29, 0.717) is 22.5 Å². The molecule has 6 nitrogen and oxygen atoms in total. The third-order valence-corrected chi connectivity index (χ3v) is 6.32. The maximum Gasteiger partial charge on any atom is 0.355 e. The average Bonchev–Trinajstić information content (AvgIpc) is 3.36. The maximum atomic E-state index is 13.4. The third kappa shape index (κ3) is 4.92. The van der Waals surface area contributed by atoms with Gasteiger partial charge in [0, 0.05) is 30.8 Å². The molecule has 0 bridgehead atoms. The van der Waals surface area contributed by atoms with Gasteiger partial charge in [-0.05, 0) is 56.9 Å². The molecule has 1 fully saturated rings. The van der Waals surface area contributed by atoms with Crippen molar-refractivity contribution in [2.75, 3.05) is 13.2 Å². The highest BCUT2D eigenvalue weighted by Gasteiger charge is 2.31. The molecule has 1 heterocycles. The van der Waals surface area contributed by atoms with Gasteiger partial charge >= 0.3 is 5.97 Å². The van der Waals surface area contributed by atoms with E-state index >= 15 is 0 Å². The first-order chi connectivity index (χ1) is 15.2. The molecule has 32 heavy (non-hydrogen) atoms. The molecule has 1 aliphatic carbocycles. The average molecular weight is 443 g/mol. The second kappa shape index (κ2) is 10.1. The van der Waals surface area contributed by atoms with Crippen molar-refractivity contribution in [2.24, 2.45) is 13.0 Å². The minimum atomic E-state index is -0.472. The van der Waals surface area contributed by atoms with Crippen molar-refractivity contribution in [2.45, 2.75) is 53.0 Å². The number of carbonyl (C=O) groups excluding carboxylic acids is 3. The zero-order valence-electron chi connectivity index (χ0n) is 19.2. The molecule has 0 spiro atoms. The second-order valence-electron chi connectivity index (χ2n) is 8.44. The molecular weight excluding hydrogens is 411 g/mol. The van der Waals surface area contributed by atoms with Crippen molar-refractivity contribution < 1.29 is 23.5 Å². The molecule has 0 saturated heterocycles. The first-order valence-electron chi connectivity index (χ1n) is 11.1. The number of aromatic nitrogens is 1. The van der Waals surface area contributed by atoms with Crippen molar-refractivity contribution in [3.05, 3.63) is 58.2 Å². The summed E-state index contributed by atoms with van der Waals surface area (Å²) in [6.45, 7) is 5.63. The van der Waals surface area contributed by atoms with Gasteiger partial charge in [-0.15, -0.1) is 0 Å². The third-order valence-electron chi connectivity index (χ3n) is 6.32. The van der Waals surface area contributed by atoms with Crippen molar-refractivity contribution in [3.8, 4) is 0 Å². The van der Waals surface area contributed by atoms with Crippen LogP contribution in [0.5, 0.6) is 0 Å². The van der Waals surface area contributed by atoms with E-state index in [1.165, 1.54) is 12.1 Å². The van der Waals surface area contributed by atoms with Crippen LogP contribution in [0.2, 0.25) is 0 Å². The number of rotatable bonds is 8. The monoisotopic (exact) mass is 442 g/mol. The standard InChI is InChI=1S/C25H31FN2O4/c1-5-32-25(31)23-16(2)22(17(3)27(23)4)21(29)15-28(24(30)19-8-6-7-9-19)14-18-10-12-20(26)13-11-18/h10-13,19H,5-9,14-15H2,1-4H3. The number of ketones is 1. The van der Waals surface area contributed by atoms with Crippen LogP contribution in [0.3, 0.4) is 0 Å². The summed E-state index contributed by atoms with van der Waals surface area (Å²) >= 11 is 0. The summed E-state index contributed by atoms with van der Waals surface area (Å²) in [5.41, 5.74) is 2.77. The molecule has 0 N–H and O–H groups in total. The second-order valence-corrected chi connectivity index (χ2v) is 8.44. The molecular formula is C25H31FN2O4. The summed E-state index contributed by atoms with van der Waals surface area (Å²) in [6, 6.07) is 5.97. The number of hydrogen-bond acceptors (Lipinski definition) is 4. The Labute approximate surface area is 188 Å². The number of nitrogens with zero attached hydrogens (tertiary/aromatic N) is 2. The smallest absolute Gasteiger partial charge is 0.355 e. The predicted molar refractivity (Wildman–Crippen MR) is 119 cm³/mol. The number of halogens is 1. The van der Waals surface area contributed by atoms with Crippen LogP contribution < -0.4 is 0 Å². The number of carbonyl (C=O) groups is 3. The van der Waals surface area contributed by atoms with Crippen LogP contribution in [-0.2, 0) is 23.1 Å². The Balaban J connectivity index is 1.89. The zero-order valence-corrected chi connectivity index (χ0v) is 19.2. The minimum Gasteiger partial charge on any atom is -0.461 e. The molecule has 172 valence electrons. The Bertz CT molecular complexity index is 1000. The van der Waals surface area contributed by atoms with Crippen molar-refractivity contribution in [1.82, 2.24) is 9.47 Å². The van der Waals surface area contributed by atoms with Gasteiger partial charge in [0.2, 0.25) is 5.91 Å². The van der Waals surface area contributed by atoms with Crippen molar-refractivity contribution in [3.63, 3.8) is 0 Å². The minimum absolute atomic E-state index is 0.0444. The molecule has 1 saturated carbocycles. The number of Topliss-reactive ketones (excluding diaryl/α,β-unsaturated/α-hetero) is 1. The highest BCUT2D eigenvalue weighted by molar-refractivity contribution is 6.04. The summed E-state index contributed by atoms with van der Waals surface area (Å²) in [5, 5.41) is 0. The Kier molecular flexibility index (Phi) is 7.48. The molecule has 1 aromatic carbocycles. The lowest BCUT2D eigenvalue weighted by Crippen LogP contribution is -2.38. The fourth-order valence-electron chi connectivity index (χ4n) is 4.58. The van der Waals surface area contributed by atoms with Gasteiger partial charge in [-0.1, -0.05) is 25.0 Å². The van der Waals surface area contributed by atoms with E-state index in [4.69, 9.17) is 4.74 Å². The number of benzene rings is 1. The van der Waals surface area contributed by atoms with E-state index in [1.807, 2.05) is 0 Å². The Morgan fingerprint density at radius 2 is 1.75 bits per heavy atom. The Morgan fingerprint density at radius 1 is 1.12 bits per heavy atom. The fourth-order valence-corrected chi connectivity index (χ4v) is 4.58. The van der Waals surface area contributed by atoms with Gasteiger partial charge in [0.25, 0.3) is 0 Å². The molecule has 0 aliphatic heterocycles. The van der Waals surface area contributed by atoms with Crippen molar-refractivity contribution >= 4 is 17.7 Å². The molecule has 3 rings (SSSR count). The summed E-state index contributed by atoms with van der Waals surface area (Å²) in [6.07, 6.45) is 3.66. The van der Waals surface area contributed by atoms with E-state index in [-0.39, 0.29) is 43.1 Å². The van der Waals surface area contributed by atoms with E-state index in [1.54, 1.807) is 49.4 Å². The summed E-state index contributed by atoms with van der Waals surface area (Å²) in [5.74, 6) is -1.17. The summed E-state index contributed by atoms with van der Waals surface area (Å²) in [4.78, 5) is 40.6. The van der Waals surface area contributed by atoms with Crippen LogP contribution in [0.25, 0.3) is 0 Å². The highest BCUT2D eigenvalue weighted by Crippen LogP contribution is 2.28. The van der Waals surface area contributed by atoms with Gasteiger partial charge in [0.15, 0.2) is 5.78 Å². The van der Waals surface area contributed by atoms with Gasteiger partial charge < -0.3 is 14.2 Å². The van der Waals surface area contributed by atoms with E-state index in [9.17, 15) is 18.8 Å². The van der Waals surface area contributed by atoms with Gasteiger partial charge in [-0.2, -0.15) is 0 Å². The maximum absolute atomic E-state index is 13.4. The Morgan fingerprint density at radius 3 is 2.34 bits per heavy atom. The quantitative estimate of drug-likeness (QED) is 0.450. The van der Waals surface area contributed by atoms with Crippen LogP contribution in [0.4, 0.5) is 4.39 Å². The van der Waals surface area contributed by atoms with Gasteiger partial charge in [-0.25, -0.2) is 9.18 Å².